The quantitative estimate of drug-likeness (QED) is 0.863. The Kier molecular flexibility index (Phi) is 4.63. The highest BCUT2D eigenvalue weighted by Gasteiger charge is 2.16. The van der Waals surface area contributed by atoms with Gasteiger partial charge in [0, 0.05) is 12.6 Å². The van der Waals surface area contributed by atoms with E-state index in [1.807, 2.05) is 18.2 Å². The van der Waals surface area contributed by atoms with Crippen molar-refractivity contribution < 1.29 is 14.3 Å². The largest absolute Gasteiger partial charge is 0.454 e. The van der Waals surface area contributed by atoms with Crippen LogP contribution < -0.4 is 14.8 Å². The molecule has 1 fully saturated rings. The number of hydrogen-bond donors (Lipinski definition) is 1. The SMILES string of the molecule is CN1CCC(CNC(=O)/C=C/c2ccc3c(c2)OCO3)CC1. The fourth-order valence-electron chi connectivity index (χ4n) is 2.76. The van der Waals surface area contributed by atoms with Gasteiger partial charge in [0.25, 0.3) is 0 Å². The zero-order chi connectivity index (χ0) is 15.4. The maximum atomic E-state index is 11.9. The molecule has 1 N–H and O–H groups in total. The van der Waals surface area contributed by atoms with Crippen molar-refractivity contribution in [2.45, 2.75) is 12.8 Å². The first-order valence-electron chi connectivity index (χ1n) is 7.75. The number of piperidine rings is 1. The van der Waals surface area contributed by atoms with Gasteiger partial charge in [0.15, 0.2) is 11.5 Å². The van der Waals surface area contributed by atoms with Gasteiger partial charge in [0.1, 0.15) is 0 Å². The summed E-state index contributed by atoms with van der Waals surface area (Å²) in [5, 5.41) is 2.99. The molecule has 118 valence electrons. The van der Waals surface area contributed by atoms with Crippen LogP contribution in [0.5, 0.6) is 11.5 Å². The third-order valence-corrected chi connectivity index (χ3v) is 4.23. The van der Waals surface area contributed by atoms with E-state index in [1.165, 1.54) is 0 Å². The van der Waals surface area contributed by atoms with E-state index in [0.29, 0.717) is 5.92 Å². The zero-order valence-electron chi connectivity index (χ0n) is 12.9. The van der Waals surface area contributed by atoms with E-state index in [2.05, 4.69) is 17.3 Å². The number of benzene rings is 1. The van der Waals surface area contributed by atoms with Gasteiger partial charge in [-0.2, -0.15) is 0 Å². The summed E-state index contributed by atoms with van der Waals surface area (Å²) in [6, 6.07) is 5.65. The van der Waals surface area contributed by atoms with Crippen LogP contribution in [0.3, 0.4) is 0 Å². The maximum absolute atomic E-state index is 11.9. The lowest BCUT2D eigenvalue weighted by molar-refractivity contribution is -0.116. The molecule has 0 aromatic heterocycles. The Morgan fingerprint density at radius 2 is 2.09 bits per heavy atom. The molecule has 2 aliphatic heterocycles. The van der Waals surface area contributed by atoms with Crippen molar-refractivity contribution in [3.8, 4) is 11.5 Å². The minimum atomic E-state index is -0.0448. The van der Waals surface area contributed by atoms with Crippen LogP contribution in [-0.2, 0) is 4.79 Å². The normalized spacial score (nSPS) is 18.8. The second kappa shape index (κ2) is 6.83. The Morgan fingerprint density at radius 1 is 1.32 bits per heavy atom. The van der Waals surface area contributed by atoms with Crippen LogP contribution in [-0.4, -0.2) is 44.3 Å². The highest BCUT2D eigenvalue weighted by Crippen LogP contribution is 2.32. The van der Waals surface area contributed by atoms with Gasteiger partial charge in [-0.05, 0) is 62.7 Å². The van der Waals surface area contributed by atoms with E-state index in [1.54, 1.807) is 12.2 Å². The van der Waals surface area contributed by atoms with Gasteiger partial charge < -0.3 is 19.7 Å². The average molecular weight is 302 g/mol. The highest BCUT2D eigenvalue weighted by molar-refractivity contribution is 5.91. The molecule has 0 radical (unpaired) electrons. The zero-order valence-corrected chi connectivity index (χ0v) is 12.9. The van der Waals surface area contributed by atoms with E-state index in [0.717, 1.165) is 49.5 Å². The molecule has 0 atom stereocenters. The number of likely N-dealkylation sites (tertiary alicyclic amines) is 1. The van der Waals surface area contributed by atoms with Gasteiger partial charge in [-0.3, -0.25) is 4.79 Å². The van der Waals surface area contributed by atoms with Crippen LogP contribution in [0.1, 0.15) is 18.4 Å². The van der Waals surface area contributed by atoms with Crippen LogP contribution in [0.4, 0.5) is 0 Å². The van der Waals surface area contributed by atoms with Crippen molar-refractivity contribution in [1.82, 2.24) is 10.2 Å². The molecule has 0 unspecified atom stereocenters. The number of nitrogens with one attached hydrogen (secondary N) is 1. The first-order chi connectivity index (χ1) is 10.7. The van der Waals surface area contributed by atoms with Crippen molar-refractivity contribution in [2.24, 2.45) is 5.92 Å². The molecule has 0 saturated carbocycles. The van der Waals surface area contributed by atoms with Crippen molar-refractivity contribution in [3.05, 3.63) is 29.8 Å². The van der Waals surface area contributed by atoms with Gasteiger partial charge in [-0.1, -0.05) is 6.07 Å². The number of nitrogens with zero attached hydrogens (tertiary/aromatic N) is 1. The fourth-order valence-corrected chi connectivity index (χ4v) is 2.76. The Bertz CT molecular complexity index is 563. The number of rotatable bonds is 4. The first-order valence-corrected chi connectivity index (χ1v) is 7.75. The molecule has 3 rings (SSSR count). The number of carbonyl (C=O) groups is 1. The monoisotopic (exact) mass is 302 g/mol. The summed E-state index contributed by atoms with van der Waals surface area (Å²) in [7, 11) is 2.14. The van der Waals surface area contributed by atoms with E-state index in [9.17, 15) is 4.79 Å². The topological polar surface area (TPSA) is 50.8 Å². The van der Waals surface area contributed by atoms with E-state index < -0.39 is 0 Å². The molecule has 5 heteroatoms. The third-order valence-electron chi connectivity index (χ3n) is 4.23. The molecular formula is C17H22N2O3. The molecule has 1 aromatic carbocycles. The summed E-state index contributed by atoms with van der Waals surface area (Å²) in [5.41, 5.74) is 0.929. The number of ether oxygens (including phenoxy) is 2. The molecule has 5 nitrogen and oxygen atoms in total. The summed E-state index contributed by atoms with van der Waals surface area (Å²) < 4.78 is 10.6. The van der Waals surface area contributed by atoms with Crippen molar-refractivity contribution in [3.63, 3.8) is 0 Å². The molecule has 1 amide bonds. The van der Waals surface area contributed by atoms with Crippen LogP contribution in [0.2, 0.25) is 0 Å². The molecule has 1 saturated heterocycles. The Labute approximate surface area is 130 Å². The predicted octanol–water partition coefficient (Wildman–Crippen LogP) is 1.89. The molecule has 0 spiro atoms. The van der Waals surface area contributed by atoms with Crippen molar-refractivity contribution >= 4 is 12.0 Å². The Morgan fingerprint density at radius 3 is 2.91 bits per heavy atom. The molecular weight excluding hydrogens is 280 g/mol. The third kappa shape index (κ3) is 3.80. The first kappa shape index (κ1) is 14.9. The fraction of sp³-hybridized carbons (Fsp3) is 0.471. The molecule has 0 bridgehead atoms. The summed E-state index contributed by atoms with van der Waals surface area (Å²) >= 11 is 0. The minimum absolute atomic E-state index is 0.0448. The second-order valence-corrected chi connectivity index (χ2v) is 5.94. The van der Waals surface area contributed by atoms with Crippen LogP contribution >= 0.6 is 0 Å². The van der Waals surface area contributed by atoms with Gasteiger partial charge in [0.05, 0.1) is 0 Å². The van der Waals surface area contributed by atoms with Crippen molar-refractivity contribution in [1.29, 1.82) is 0 Å². The summed E-state index contributed by atoms with van der Waals surface area (Å²) in [5.74, 6) is 2.04. The standard InChI is InChI=1S/C17H22N2O3/c1-19-8-6-14(7-9-19)11-18-17(20)5-3-13-2-4-15-16(10-13)22-12-21-15/h2-5,10,14H,6-9,11-12H2,1H3,(H,18,20)/b5-3+. The predicted molar refractivity (Wildman–Crippen MR) is 84.8 cm³/mol. The van der Waals surface area contributed by atoms with Crippen LogP contribution in [0.15, 0.2) is 24.3 Å². The number of fused-ring (bicyclic) bond motifs is 1. The molecule has 2 aliphatic rings. The lowest BCUT2D eigenvalue weighted by Gasteiger charge is -2.28. The lowest BCUT2D eigenvalue weighted by atomic mass is 9.97. The van der Waals surface area contributed by atoms with Gasteiger partial charge >= 0.3 is 0 Å². The van der Waals surface area contributed by atoms with Gasteiger partial charge in [-0.15, -0.1) is 0 Å². The van der Waals surface area contributed by atoms with Crippen LogP contribution in [0, 0.1) is 5.92 Å². The Hall–Kier alpha value is -2.01. The maximum Gasteiger partial charge on any atom is 0.244 e. The smallest absolute Gasteiger partial charge is 0.244 e. The molecule has 2 heterocycles. The van der Waals surface area contributed by atoms with E-state index >= 15 is 0 Å². The van der Waals surface area contributed by atoms with E-state index in [4.69, 9.17) is 9.47 Å². The highest BCUT2D eigenvalue weighted by atomic mass is 16.7. The van der Waals surface area contributed by atoms with Gasteiger partial charge in [-0.25, -0.2) is 0 Å². The second-order valence-electron chi connectivity index (χ2n) is 5.94. The Balaban J connectivity index is 1.47. The number of carbonyl (C=O) groups excluding carboxylic acids is 1. The molecule has 1 aromatic rings. The summed E-state index contributed by atoms with van der Waals surface area (Å²) in [4.78, 5) is 14.2. The average Bonchev–Trinajstić information content (AvgIpc) is 3.00. The van der Waals surface area contributed by atoms with Crippen LogP contribution in [0.25, 0.3) is 6.08 Å². The van der Waals surface area contributed by atoms with Crippen molar-refractivity contribution in [2.75, 3.05) is 33.5 Å². The summed E-state index contributed by atoms with van der Waals surface area (Å²) in [6.45, 7) is 3.26. The van der Waals surface area contributed by atoms with E-state index in [-0.39, 0.29) is 12.7 Å². The number of amides is 1. The number of hydrogen-bond acceptors (Lipinski definition) is 4. The summed E-state index contributed by atoms with van der Waals surface area (Å²) in [6.07, 6.45) is 5.68. The van der Waals surface area contributed by atoms with Gasteiger partial charge in [0.2, 0.25) is 12.7 Å². The molecule has 22 heavy (non-hydrogen) atoms. The molecule has 0 aliphatic carbocycles. The minimum Gasteiger partial charge on any atom is -0.454 e. The lowest BCUT2D eigenvalue weighted by Crippen LogP contribution is -2.36.